The second-order valence-corrected chi connectivity index (χ2v) is 3.45. The smallest absolute Gasteiger partial charge is 0.350 e. The standard InChI is InChI=1S/C11H13N3O2/c1-9-12-14(10-5-3-2-4-6-10)11(16)13(9)7-8-15/h2-6,15H,7-8H2,1H3. The number of rotatable bonds is 3. The number of hydrogen-bond acceptors (Lipinski definition) is 3. The van der Waals surface area contributed by atoms with Crippen molar-refractivity contribution in [1.82, 2.24) is 14.3 Å². The molecule has 0 saturated heterocycles. The summed E-state index contributed by atoms with van der Waals surface area (Å²) in [4.78, 5) is 11.9. The van der Waals surface area contributed by atoms with Crippen LogP contribution in [0.1, 0.15) is 5.82 Å². The van der Waals surface area contributed by atoms with Gasteiger partial charge in [-0.2, -0.15) is 9.78 Å². The van der Waals surface area contributed by atoms with Gasteiger partial charge in [0.15, 0.2) is 0 Å². The minimum absolute atomic E-state index is 0.0682. The van der Waals surface area contributed by atoms with Gasteiger partial charge in [0.2, 0.25) is 0 Å². The van der Waals surface area contributed by atoms with Gasteiger partial charge in [-0.05, 0) is 19.1 Å². The molecule has 0 aliphatic carbocycles. The van der Waals surface area contributed by atoms with Crippen LogP contribution in [-0.4, -0.2) is 26.1 Å². The van der Waals surface area contributed by atoms with Gasteiger partial charge >= 0.3 is 5.69 Å². The Bertz CT molecular complexity index is 528. The molecule has 0 bridgehead atoms. The van der Waals surface area contributed by atoms with E-state index in [1.165, 1.54) is 9.25 Å². The highest BCUT2D eigenvalue weighted by atomic mass is 16.3. The quantitative estimate of drug-likeness (QED) is 0.809. The van der Waals surface area contributed by atoms with Crippen molar-refractivity contribution >= 4 is 0 Å². The van der Waals surface area contributed by atoms with Gasteiger partial charge in [-0.15, -0.1) is 0 Å². The SMILES string of the molecule is Cc1nn(-c2ccccc2)c(=O)n1CCO. The topological polar surface area (TPSA) is 60.0 Å². The van der Waals surface area contributed by atoms with E-state index in [9.17, 15) is 4.79 Å². The summed E-state index contributed by atoms with van der Waals surface area (Å²) in [5, 5.41) is 13.0. The van der Waals surface area contributed by atoms with Crippen molar-refractivity contribution < 1.29 is 5.11 Å². The van der Waals surface area contributed by atoms with Gasteiger partial charge in [0.1, 0.15) is 5.82 Å². The van der Waals surface area contributed by atoms with E-state index in [0.717, 1.165) is 5.69 Å². The van der Waals surface area contributed by atoms with E-state index in [1.54, 1.807) is 6.92 Å². The summed E-state index contributed by atoms with van der Waals surface area (Å²) >= 11 is 0. The molecule has 16 heavy (non-hydrogen) atoms. The third-order valence-corrected chi connectivity index (χ3v) is 2.37. The van der Waals surface area contributed by atoms with E-state index in [1.807, 2.05) is 30.3 Å². The summed E-state index contributed by atoms with van der Waals surface area (Å²) in [5.74, 6) is 0.600. The highest BCUT2D eigenvalue weighted by molar-refractivity contribution is 5.29. The second kappa shape index (κ2) is 4.32. The summed E-state index contributed by atoms with van der Waals surface area (Å²) in [7, 11) is 0. The first-order valence-corrected chi connectivity index (χ1v) is 5.07. The molecule has 0 radical (unpaired) electrons. The summed E-state index contributed by atoms with van der Waals surface area (Å²) in [6.45, 7) is 1.95. The first kappa shape index (κ1) is 10.6. The van der Waals surface area contributed by atoms with Crippen molar-refractivity contribution in [2.45, 2.75) is 13.5 Å². The number of aromatic nitrogens is 3. The van der Waals surface area contributed by atoms with Crippen LogP contribution in [0, 0.1) is 6.92 Å². The number of aliphatic hydroxyl groups is 1. The molecule has 1 N–H and O–H groups in total. The van der Waals surface area contributed by atoms with Gasteiger partial charge in [-0.25, -0.2) is 4.79 Å². The number of nitrogens with zero attached hydrogens (tertiary/aromatic N) is 3. The van der Waals surface area contributed by atoms with Gasteiger partial charge in [0, 0.05) is 0 Å². The Morgan fingerprint density at radius 1 is 1.31 bits per heavy atom. The zero-order valence-electron chi connectivity index (χ0n) is 9.00. The van der Waals surface area contributed by atoms with E-state index >= 15 is 0 Å². The van der Waals surface area contributed by atoms with Crippen LogP contribution >= 0.6 is 0 Å². The molecule has 5 heteroatoms. The lowest BCUT2D eigenvalue weighted by atomic mass is 10.3. The predicted molar refractivity (Wildman–Crippen MR) is 59.6 cm³/mol. The molecule has 0 atom stereocenters. The van der Waals surface area contributed by atoms with Crippen molar-refractivity contribution in [1.29, 1.82) is 0 Å². The lowest BCUT2D eigenvalue weighted by Crippen LogP contribution is -2.25. The number of aryl methyl sites for hydroxylation is 1. The molecule has 1 aromatic carbocycles. The Morgan fingerprint density at radius 2 is 2.00 bits per heavy atom. The minimum atomic E-state index is -0.224. The van der Waals surface area contributed by atoms with Crippen LogP contribution in [0.5, 0.6) is 0 Å². The first-order chi connectivity index (χ1) is 7.74. The Hall–Kier alpha value is -1.88. The summed E-state index contributed by atoms with van der Waals surface area (Å²) < 4.78 is 2.79. The van der Waals surface area contributed by atoms with Crippen LogP contribution < -0.4 is 5.69 Å². The van der Waals surface area contributed by atoms with Gasteiger partial charge in [-0.3, -0.25) is 4.57 Å². The zero-order chi connectivity index (χ0) is 11.5. The third-order valence-electron chi connectivity index (χ3n) is 2.37. The van der Waals surface area contributed by atoms with Gasteiger partial charge < -0.3 is 5.11 Å². The molecule has 1 heterocycles. The van der Waals surface area contributed by atoms with Crippen molar-refractivity contribution in [3.63, 3.8) is 0 Å². The average molecular weight is 219 g/mol. The lowest BCUT2D eigenvalue weighted by Gasteiger charge is -1.98. The average Bonchev–Trinajstić information content (AvgIpc) is 2.59. The molecular formula is C11H13N3O2. The van der Waals surface area contributed by atoms with Gasteiger partial charge in [0.25, 0.3) is 0 Å². The molecule has 2 rings (SSSR count). The third kappa shape index (κ3) is 1.77. The zero-order valence-corrected chi connectivity index (χ0v) is 9.00. The van der Waals surface area contributed by atoms with Gasteiger partial charge in [-0.1, -0.05) is 18.2 Å². The van der Waals surface area contributed by atoms with E-state index in [-0.39, 0.29) is 18.8 Å². The molecule has 0 aliphatic rings. The number of para-hydroxylation sites is 1. The maximum Gasteiger partial charge on any atom is 0.350 e. The molecule has 84 valence electrons. The number of hydrogen-bond donors (Lipinski definition) is 1. The highest BCUT2D eigenvalue weighted by Crippen LogP contribution is 2.03. The van der Waals surface area contributed by atoms with Crippen LogP contribution in [-0.2, 0) is 6.54 Å². The molecule has 0 fully saturated rings. The fourth-order valence-electron chi connectivity index (χ4n) is 1.59. The maximum atomic E-state index is 11.9. The highest BCUT2D eigenvalue weighted by Gasteiger charge is 2.09. The molecule has 1 aromatic heterocycles. The van der Waals surface area contributed by atoms with Crippen molar-refractivity contribution in [2.24, 2.45) is 0 Å². The predicted octanol–water partition coefficient (Wildman–Crippen LogP) is 0.335. The molecule has 0 spiro atoms. The summed E-state index contributed by atoms with van der Waals surface area (Å²) in [6, 6.07) is 9.21. The van der Waals surface area contributed by atoms with E-state index in [4.69, 9.17) is 5.11 Å². The molecule has 0 unspecified atom stereocenters. The van der Waals surface area contributed by atoms with E-state index in [2.05, 4.69) is 5.10 Å². The van der Waals surface area contributed by atoms with Crippen LogP contribution in [0.15, 0.2) is 35.1 Å². The molecule has 0 aliphatic heterocycles. The monoisotopic (exact) mass is 219 g/mol. The van der Waals surface area contributed by atoms with E-state index in [0.29, 0.717) is 5.82 Å². The van der Waals surface area contributed by atoms with Crippen molar-refractivity contribution in [3.05, 3.63) is 46.6 Å². The van der Waals surface area contributed by atoms with Crippen LogP contribution in [0.4, 0.5) is 0 Å². The fraction of sp³-hybridized carbons (Fsp3) is 0.273. The lowest BCUT2D eigenvalue weighted by molar-refractivity contribution is 0.273. The van der Waals surface area contributed by atoms with Crippen LogP contribution in [0.25, 0.3) is 5.69 Å². The second-order valence-electron chi connectivity index (χ2n) is 3.45. The number of benzene rings is 1. The Morgan fingerprint density at radius 3 is 2.62 bits per heavy atom. The molecule has 2 aromatic rings. The summed E-state index contributed by atoms with van der Waals surface area (Å²) in [5.41, 5.74) is 0.505. The molecular weight excluding hydrogens is 206 g/mol. The largest absolute Gasteiger partial charge is 0.395 e. The number of aliphatic hydroxyl groups excluding tert-OH is 1. The molecule has 0 saturated carbocycles. The van der Waals surface area contributed by atoms with Crippen molar-refractivity contribution in [2.75, 3.05) is 6.61 Å². The van der Waals surface area contributed by atoms with E-state index < -0.39 is 0 Å². The fourth-order valence-corrected chi connectivity index (χ4v) is 1.59. The first-order valence-electron chi connectivity index (χ1n) is 5.07. The van der Waals surface area contributed by atoms with Gasteiger partial charge in [0.05, 0.1) is 18.8 Å². The Labute approximate surface area is 92.6 Å². The normalized spacial score (nSPS) is 10.6. The minimum Gasteiger partial charge on any atom is -0.395 e. The Kier molecular flexibility index (Phi) is 2.87. The van der Waals surface area contributed by atoms with Crippen LogP contribution in [0.2, 0.25) is 0 Å². The summed E-state index contributed by atoms with van der Waals surface area (Å²) in [6.07, 6.45) is 0. The Balaban J connectivity index is 2.52. The molecule has 5 nitrogen and oxygen atoms in total. The van der Waals surface area contributed by atoms with Crippen LogP contribution in [0.3, 0.4) is 0 Å². The maximum absolute atomic E-state index is 11.9. The molecule has 0 amide bonds. The van der Waals surface area contributed by atoms with Crippen molar-refractivity contribution in [3.8, 4) is 5.69 Å².